The molecule has 0 aliphatic rings. The van der Waals surface area contributed by atoms with E-state index in [4.69, 9.17) is 4.42 Å². The first kappa shape index (κ1) is 19.3. The maximum Gasteiger partial charge on any atom is 0.305 e. The van der Waals surface area contributed by atoms with Crippen LogP contribution >= 0.6 is 0 Å². The summed E-state index contributed by atoms with van der Waals surface area (Å²) in [5, 5.41) is 5.09. The standard InChI is InChI=1S/C20H22N4O4/c1-3-4-7-11-24-20(27)15-9-6-5-8-14(15)16(23-24)18(25)21-22-19(26)17-13(2)10-12-28-17/h5-6,8-10,12H,3-4,7,11H2,1-2H3,(H,21,25)(H,22,26). The highest BCUT2D eigenvalue weighted by molar-refractivity contribution is 6.05. The number of amides is 2. The van der Waals surface area contributed by atoms with Crippen molar-refractivity contribution in [2.24, 2.45) is 0 Å². The summed E-state index contributed by atoms with van der Waals surface area (Å²) >= 11 is 0. The molecule has 0 atom stereocenters. The molecule has 0 radical (unpaired) electrons. The Bertz CT molecular complexity index is 1070. The van der Waals surface area contributed by atoms with Crippen molar-refractivity contribution in [2.45, 2.75) is 39.7 Å². The maximum atomic E-state index is 12.7. The van der Waals surface area contributed by atoms with E-state index in [0.717, 1.165) is 19.3 Å². The fraction of sp³-hybridized carbons (Fsp3) is 0.300. The number of hydrazine groups is 1. The van der Waals surface area contributed by atoms with Crippen molar-refractivity contribution in [2.75, 3.05) is 0 Å². The predicted molar refractivity (Wildman–Crippen MR) is 104 cm³/mol. The van der Waals surface area contributed by atoms with Gasteiger partial charge in [-0.1, -0.05) is 38.0 Å². The fourth-order valence-corrected chi connectivity index (χ4v) is 2.90. The number of rotatable bonds is 6. The predicted octanol–water partition coefficient (Wildman–Crippen LogP) is 2.56. The third-order valence-electron chi connectivity index (χ3n) is 4.41. The lowest BCUT2D eigenvalue weighted by Gasteiger charge is -2.11. The second-order valence-electron chi connectivity index (χ2n) is 6.47. The van der Waals surface area contributed by atoms with Gasteiger partial charge in [-0.15, -0.1) is 0 Å². The quantitative estimate of drug-likeness (QED) is 0.503. The van der Waals surface area contributed by atoms with Crippen LogP contribution in [-0.2, 0) is 6.54 Å². The Morgan fingerprint density at radius 2 is 1.79 bits per heavy atom. The second-order valence-corrected chi connectivity index (χ2v) is 6.47. The number of nitrogens with zero attached hydrogens (tertiary/aromatic N) is 2. The van der Waals surface area contributed by atoms with E-state index in [1.165, 1.54) is 10.9 Å². The summed E-state index contributed by atoms with van der Waals surface area (Å²) in [6.45, 7) is 4.22. The third kappa shape index (κ3) is 3.95. The number of unbranched alkanes of at least 4 members (excludes halogenated alkanes) is 2. The molecule has 3 aromatic rings. The van der Waals surface area contributed by atoms with Gasteiger partial charge in [0.25, 0.3) is 11.5 Å². The van der Waals surface area contributed by atoms with Crippen LogP contribution in [0.15, 0.2) is 45.8 Å². The molecule has 2 aromatic heterocycles. The number of aryl methyl sites for hydroxylation is 2. The first-order valence-corrected chi connectivity index (χ1v) is 9.17. The lowest BCUT2D eigenvalue weighted by Crippen LogP contribution is -2.43. The number of carbonyl (C=O) groups excluding carboxylic acids is 2. The second kappa shape index (κ2) is 8.51. The summed E-state index contributed by atoms with van der Waals surface area (Å²) in [5.41, 5.74) is 5.15. The van der Waals surface area contributed by atoms with Crippen molar-refractivity contribution in [1.29, 1.82) is 0 Å². The number of aromatic nitrogens is 2. The first-order valence-electron chi connectivity index (χ1n) is 9.17. The van der Waals surface area contributed by atoms with Crippen LogP contribution in [-0.4, -0.2) is 21.6 Å². The van der Waals surface area contributed by atoms with Crippen molar-refractivity contribution < 1.29 is 14.0 Å². The van der Waals surface area contributed by atoms with Crippen LogP contribution in [0, 0.1) is 6.92 Å². The van der Waals surface area contributed by atoms with Crippen molar-refractivity contribution in [3.63, 3.8) is 0 Å². The number of fused-ring (bicyclic) bond motifs is 1. The monoisotopic (exact) mass is 382 g/mol. The van der Waals surface area contributed by atoms with Gasteiger partial charge in [0, 0.05) is 17.5 Å². The molecule has 0 saturated heterocycles. The van der Waals surface area contributed by atoms with Crippen molar-refractivity contribution in [1.82, 2.24) is 20.6 Å². The highest BCUT2D eigenvalue weighted by Gasteiger charge is 2.18. The van der Waals surface area contributed by atoms with Crippen LogP contribution in [0.3, 0.4) is 0 Å². The van der Waals surface area contributed by atoms with Gasteiger partial charge in [0.2, 0.25) is 0 Å². The maximum absolute atomic E-state index is 12.7. The molecule has 1 aromatic carbocycles. The summed E-state index contributed by atoms with van der Waals surface area (Å²) < 4.78 is 6.41. The minimum atomic E-state index is -0.613. The van der Waals surface area contributed by atoms with Gasteiger partial charge in [0.05, 0.1) is 11.6 Å². The lowest BCUT2D eigenvalue weighted by molar-refractivity contribution is 0.0827. The Balaban J connectivity index is 1.87. The minimum absolute atomic E-state index is 0.0724. The highest BCUT2D eigenvalue weighted by atomic mass is 16.3. The molecule has 2 heterocycles. The SMILES string of the molecule is CCCCCn1nc(C(=O)NNC(=O)c2occc2C)c2ccccc2c1=O. The zero-order chi connectivity index (χ0) is 20.1. The van der Waals surface area contributed by atoms with Crippen LogP contribution in [0.2, 0.25) is 0 Å². The van der Waals surface area contributed by atoms with E-state index in [1.807, 2.05) is 0 Å². The Kier molecular flexibility index (Phi) is 5.88. The van der Waals surface area contributed by atoms with Gasteiger partial charge >= 0.3 is 5.91 Å². The molecular weight excluding hydrogens is 360 g/mol. The van der Waals surface area contributed by atoms with E-state index in [1.54, 1.807) is 37.3 Å². The fourth-order valence-electron chi connectivity index (χ4n) is 2.90. The molecule has 0 aliphatic carbocycles. The van der Waals surface area contributed by atoms with Gasteiger partial charge in [0.1, 0.15) is 0 Å². The average molecular weight is 382 g/mol. The molecule has 3 rings (SSSR count). The minimum Gasteiger partial charge on any atom is -0.459 e. The van der Waals surface area contributed by atoms with Crippen molar-refractivity contribution in [3.05, 3.63) is 64.0 Å². The number of hydrogen-bond donors (Lipinski definition) is 2. The van der Waals surface area contributed by atoms with E-state index in [0.29, 0.717) is 22.9 Å². The van der Waals surface area contributed by atoms with Gasteiger partial charge in [-0.05, 0) is 25.5 Å². The Labute approximate surface area is 161 Å². The molecule has 146 valence electrons. The van der Waals surface area contributed by atoms with Crippen LogP contribution in [0.5, 0.6) is 0 Å². The van der Waals surface area contributed by atoms with Crippen LogP contribution < -0.4 is 16.4 Å². The molecule has 0 saturated carbocycles. The Hall–Kier alpha value is -3.42. The Morgan fingerprint density at radius 3 is 2.46 bits per heavy atom. The third-order valence-corrected chi connectivity index (χ3v) is 4.41. The first-order chi connectivity index (χ1) is 13.5. The van der Waals surface area contributed by atoms with E-state index >= 15 is 0 Å². The normalized spacial score (nSPS) is 10.8. The van der Waals surface area contributed by atoms with Crippen molar-refractivity contribution >= 4 is 22.6 Å². The van der Waals surface area contributed by atoms with E-state index in [-0.39, 0.29) is 17.0 Å². The molecule has 2 N–H and O–H groups in total. The summed E-state index contributed by atoms with van der Waals surface area (Å²) in [5.74, 6) is -1.07. The van der Waals surface area contributed by atoms with E-state index in [2.05, 4.69) is 22.9 Å². The van der Waals surface area contributed by atoms with Gasteiger partial charge in [-0.2, -0.15) is 5.10 Å². The van der Waals surface area contributed by atoms with Gasteiger partial charge in [-0.25, -0.2) is 4.68 Å². The lowest BCUT2D eigenvalue weighted by atomic mass is 10.1. The van der Waals surface area contributed by atoms with Gasteiger partial charge in [-0.3, -0.25) is 25.2 Å². The van der Waals surface area contributed by atoms with E-state index < -0.39 is 11.8 Å². The molecular formula is C20H22N4O4. The van der Waals surface area contributed by atoms with Crippen molar-refractivity contribution in [3.8, 4) is 0 Å². The zero-order valence-electron chi connectivity index (χ0n) is 15.8. The largest absolute Gasteiger partial charge is 0.459 e. The van der Waals surface area contributed by atoms with E-state index in [9.17, 15) is 14.4 Å². The number of furan rings is 1. The van der Waals surface area contributed by atoms with Gasteiger partial charge in [0.15, 0.2) is 11.5 Å². The number of hydrogen-bond acceptors (Lipinski definition) is 5. The van der Waals surface area contributed by atoms with Crippen LogP contribution in [0.4, 0.5) is 0 Å². The average Bonchev–Trinajstić information content (AvgIpc) is 3.14. The van der Waals surface area contributed by atoms with Gasteiger partial charge < -0.3 is 4.42 Å². The molecule has 0 unspecified atom stereocenters. The molecule has 0 aliphatic heterocycles. The molecule has 0 fully saturated rings. The smallest absolute Gasteiger partial charge is 0.305 e. The summed E-state index contributed by atoms with van der Waals surface area (Å²) in [6.07, 6.45) is 4.15. The number of benzene rings is 1. The molecule has 0 bridgehead atoms. The number of nitrogens with one attached hydrogen (secondary N) is 2. The molecule has 2 amide bonds. The summed E-state index contributed by atoms with van der Waals surface area (Å²) in [4.78, 5) is 37.4. The molecule has 0 spiro atoms. The highest BCUT2D eigenvalue weighted by Crippen LogP contribution is 2.13. The summed E-state index contributed by atoms with van der Waals surface area (Å²) in [6, 6.07) is 8.44. The molecule has 28 heavy (non-hydrogen) atoms. The van der Waals surface area contributed by atoms with Crippen LogP contribution in [0.1, 0.15) is 52.8 Å². The zero-order valence-corrected chi connectivity index (χ0v) is 15.8. The number of carbonyl (C=O) groups is 2. The topological polar surface area (TPSA) is 106 Å². The molecule has 8 heteroatoms. The Morgan fingerprint density at radius 1 is 1.07 bits per heavy atom. The molecule has 8 nitrogen and oxygen atoms in total. The summed E-state index contributed by atoms with van der Waals surface area (Å²) in [7, 11) is 0. The van der Waals surface area contributed by atoms with Crippen LogP contribution in [0.25, 0.3) is 10.8 Å².